The summed E-state index contributed by atoms with van der Waals surface area (Å²) in [5.74, 6) is -0.775. The van der Waals surface area contributed by atoms with E-state index in [1.165, 1.54) is 36.2 Å². The molecular formula is C23H29BrClN3O4S. The molecule has 0 radical (unpaired) electrons. The molecular weight excluding hydrogens is 530 g/mol. The van der Waals surface area contributed by atoms with Crippen LogP contribution >= 0.6 is 27.5 Å². The molecule has 0 aliphatic carbocycles. The minimum atomic E-state index is -3.91. The quantitative estimate of drug-likeness (QED) is 0.477. The summed E-state index contributed by atoms with van der Waals surface area (Å²) >= 11 is 9.24. The minimum Gasteiger partial charge on any atom is -0.352 e. The number of nitrogens with zero attached hydrogens (tertiary/aromatic N) is 2. The van der Waals surface area contributed by atoms with Gasteiger partial charge in [0.25, 0.3) is 0 Å². The van der Waals surface area contributed by atoms with Gasteiger partial charge >= 0.3 is 0 Å². The first-order chi connectivity index (χ1) is 15.4. The summed E-state index contributed by atoms with van der Waals surface area (Å²) in [6.07, 6.45) is 0.751. The summed E-state index contributed by atoms with van der Waals surface area (Å²) in [6.45, 7) is 5.23. The second kappa shape index (κ2) is 12.0. The lowest BCUT2D eigenvalue weighted by Gasteiger charge is -2.31. The van der Waals surface area contributed by atoms with Crippen molar-refractivity contribution < 1.29 is 18.0 Å². The molecule has 1 N–H and O–H groups in total. The van der Waals surface area contributed by atoms with Crippen LogP contribution in [0.3, 0.4) is 0 Å². The van der Waals surface area contributed by atoms with Gasteiger partial charge in [0.1, 0.15) is 6.04 Å². The third kappa shape index (κ3) is 7.53. The van der Waals surface area contributed by atoms with E-state index in [1.54, 1.807) is 6.92 Å². The second-order valence-corrected chi connectivity index (χ2v) is 11.3. The van der Waals surface area contributed by atoms with E-state index in [9.17, 15) is 18.0 Å². The molecule has 0 heterocycles. The largest absolute Gasteiger partial charge is 0.352 e. The van der Waals surface area contributed by atoms with Gasteiger partial charge in [0.05, 0.1) is 11.4 Å². The first-order valence-electron chi connectivity index (χ1n) is 10.5. The van der Waals surface area contributed by atoms with Crippen LogP contribution in [0.2, 0.25) is 5.02 Å². The number of rotatable bonds is 10. The lowest BCUT2D eigenvalue weighted by molar-refractivity contribution is -0.140. The van der Waals surface area contributed by atoms with Gasteiger partial charge in [-0.1, -0.05) is 46.6 Å². The molecule has 0 spiro atoms. The van der Waals surface area contributed by atoms with Crippen molar-refractivity contribution in [3.8, 4) is 0 Å². The maximum absolute atomic E-state index is 13.3. The van der Waals surface area contributed by atoms with Crippen LogP contribution in [0.5, 0.6) is 0 Å². The number of hydrogen-bond donors (Lipinski definition) is 1. The predicted octanol–water partition coefficient (Wildman–Crippen LogP) is 4.06. The molecule has 0 aliphatic heterocycles. The average Bonchev–Trinajstić information content (AvgIpc) is 2.78. The Labute approximate surface area is 209 Å². The van der Waals surface area contributed by atoms with Crippen LogP contribution in [0.1, 0.15) is 32.8 Å². The molecule has 0 unspecified atom stereocenters. The third-order valence-electron chi connectivity index (χ3n) is 5.31. The molecule has 2 aromatic carbocycles. The number of carbonyl (C=O) groups excluding carboxylic acids is 2. The average molecular weight is 559 g/mol. The van der Waals surface area contributed by atoms with E-state index < -0.39 is 28.5 Å². The summed E-state index contributed by atoms with van der Waals surface area (Å²) in [6, 6.07) is 12.3. The minimum absolute atomic E-state index is 0.0317. The van der Waals surface area contributed by atoms with Crippen molar-refractivity contribution in [3.05, 3.63) is 63.6 Å². The predicted molar refractivity (Wildman–Crippen MR) is 133 cm³/mol. The molecule has 2 rings (SSSR count). The Morgan fingerprint density at radius 2 is 1.64 bits per heavy atom. The van der Waals surface area contributed by atoms with Crippen molar-refractivity contribution in [3.63, 3.8) is 0 Å². The van der Waals surface area contributed by atoms with Gasteiger partial charge in [0.2, 0.25) is 21.8 Å². The van der Waals surface area contributed by atoms with Gasteiger partial charge < -0.3 is 10.2 Å². The van der Waals surface area contributed by atoms with Crippen LogP contribution < -0.4 is 5.32 Å². The standard InChI is InChI=1S/C23H29BrClN3O4S/c1-5-16(2)26-23(30)17(3)28(14-18-6-8-19(24)9-7-18)22(29)15-27(4)33(31,32)21-12-10-20(25)11-13-21/h6-13,16-17H,5,14-15H2,1-4H3,(H,26,30)/t16-,17+/m0/s1. The van der Waals surface area contributed by atoms with Gasteiger partial charge in [0.15, 0.2) is 0 Å². The fourth-order valence-electron chi connectivity index (χ4n) is 2.99. The number of carbonyl (C=O) groups is 2. The van der Waals surface area contributed by atoms with Gasteiger partial charge in [-0.25, -0.2) is 8.42 Å². The Morgan fingerprint density at radius 3 is 2.18 bits per heavy atom. The Balaban J connectivity index is 2.26. The highest BCUT2D eigenvalue weighted by Gasteiger charge is 2.30. The Kier molecular flexibility index (Phi) is 9.90. The van der Waals surface area contributed by atoms with Crippen molar-refractivity contribution in [2.45, 2.75) is 50.7 Å². The van der Waals surface area contributed by atoms with E-state index in [0.717, 1.165) is 20.8 Å². The molecule has 0 aromatic heterocycles. The topological polar surface area (TPSA) is 86.8 Å². The van der Waals surface area contributed by atoms with Gasteiger partial charge in [0, 0.05) is 29.1 Å². The zero-order valence-corrected chi connectivity index (χ0v) is 22.2. The highest BCUT2D eigenvalue weighted by molar-refractivity contribution is 9.10. The molecule has 2 amide bonds. The van der Waals surface area contributed by atoms with Gasteiger partial charge in [-0.15, -0.1) is 0 Å². The summed E-state index contributed by atoms with van der Waals surface area (Å²) < 4.78 is 27.7. The number of nitrogens with one attached hydrogen (secondary N) is 1. The van der Waals surface area contributed by atoms with E-state index in [1.807, 2.05) is 38.1 Å². The summed E-state index contributed by atoms with van der Waals surface area (Å²) in [4.78, 5) is 27.5. The van der Waals surface area contributed by atoms with Crippen molar-refractivity contribution in [2.75, 3.05) is 13.6 Å². The fraction of sp³-hybridized carbons (Fsp3) is 0.391. The molecule has 0 fully saturated rings. The maximum atomic E-state index is 13.3. The van der Waals surface area contributed by atoms with Crippen molar-refractivity contribution in [1.82, 2.24) is 14.5 Å². The maximum Gasteiger partial charge on any atom is 0.243 e. The molecule has 33 heavy (non-hydrogen) atoms. The van der Waals surface area contributed by atoms with Crippen LogP contribution in [0.4, 0.5) is 0 Å². The number of amides is 2. The first kappa shape index (κ1) is 27.3. The highest BCUT2D eigenvalue weighted by atomic mass is 79.9. The van der Waals surface area contributed by atoms with Gasteiger partial charge in [-0.3, -0.25) is 9.59 Å². The molecule has 0 aliphatic rings. The van der Waals surface area contributed by atoms with Crippen LogP contribution in [0.15, 0.2) is 57.9 Å². The van der Waals surface area contributed by atoms with Crippen molar-refractivity contribution >= 4 is 49.4 Å². The molecule has 10 heteroatoms. The summed E-state index contributed by atoms with van der Waals surface area (Å²) in [5, 5.41) is 3.30. The molecule has 2 aromatic rings. The fourth-order valence-corrected chi connectivity index (χ4v) is 4.50. The smallest absolute Gasteiger partial charge is 0.243 e. The lowest BCUT2D eigenvalue weighted by Crippen LogP contribution is -2.51. The molecule has 2 atom stereocenters. The number of likely N-dealkylation sites (N-methyl/N-ethyl adjacent to an activating group) is 1. The normalized spacial score (nSPS) is 13.4. The monoisotopic (exact) mass is 557 g/mol. The summed E-state index contributed by atoms with van der Waals surface area (Å²) in [5.41, 5.74) is 0.818. The van der Waals surface area contributed by atoms with Crippen LogP contribution in [0.25, 0.3) is 0 Å². The number of halogens is 2. The molecule has 180 valence electrons. The van der Waals surface area contributed by atoms with E-state index in [2.05, 4.69) is 21.2 Å². The molecule has 0 bridgehead atoms. The SMILES string of the molecule is CC[C@H](C)NC(=O)[C@@H](C)N(Cc1ccc(Br)cc1)C(=O)CN(C)S(=O)(=O)c1ccc(Cl)cc1. The summed E-state index contributed by atoms with van der Waals surface area (Å²) in [7, 11) is -2.57. The van der Waals surface area contributed by atoms with E-state index >= 15 is 0 Å². The molecule has 7 nitrogen and oxygen atoms in total. The molecule has 0 saturated heterocycles. The lowest BCUT2D eigenvalue weighted by atomic mass is 10.1. The van der Waals surface area contributed by atoms with Gasteiger partial charge in [-0.2, -0.15) is 4.31 Å². The van der Waals surface area contributed by atoms with Crippen molar-refractivity contribution in [1.29, 1.82) is 0 Å². The highest BCUT2D eigenvalue weighted by Crippen LogP contribution is 2.19. The Hall–Kier alpha value is -1.94. The Bertz CT molecular complexity index is 1060. The second-order valence-electron chi connectivity index (χ2n) is 7.86. The van der Waals surface area contributed by atoms with E-state index in [0.29, 0.717) is 5.02 Å². The number of hydrogen-bond acceptors (Lipinski definition) is 4. The molecule has 0 saturated carbocycles. The number of benzene rings is 2. The van der Waals surface area contributed by atoms with Crippen LogP contribution in [-0.2, 0) is 26.2 Å². The van der Waals surface area contributed by atoms with Crippen LogP contribution in [-0.4, -0.2) is 55.1 Å². The first-order valence-corrected chi connectivity index (χ1v) is 13.1. The van der Waals surface area contributed by atoms with Gasteiger partial charge in [-0.05, 0) is 62.2 Å². The third-order valence-corrected chi connectivity index (χ3v) is 7.91. The van der Waals surface area contributed by atoms with E-state index in [-0.39, 0.29) is 23.4 Å². The zero-order chi connectivity index (χ0) is 24.8. The number of sulfonamides is 1. The van der Waals surface area contributed by atoms with Crippen molar-refractivity contribution in [2.24, 2.45) is 0 Å². The van der Waals surface area contributed by atoms with Crippen LogP contribution in [0, 0.1) is 0 Å². The van der Waals surface area contributed by atoms with E-state index in [4.69, 9.17) is 11.6 Å². The Morgan fingerprint density at radius 1 is 1.06 bits per heavy atom. The zero-order valence-electron chi connectivity index (χ0n) is 19.1.